The first kappa shape index (κ1) is 12.6. The molecule has 0 heterocycles. The van der Waals surface area contributed by atoms with E-state index >= 15 is 0 Å². The molecule has 0 amide bonds. The third kappa shape index (κ3) is 4.00. The maximum atomic E-state index is 10.2. The van der Waals surface area contributed by atoms with Crippen LogP contribution in [0.25, 0.3) is 0 Å². The zero-order chi connectivity index (χ0) is 9.68. The molecular formula is C9H12ClNO3. The predicted molar refractivity (Wildman–Crippen MR) is 55.9 cm³/mol. The highest BCUT2D eigenvalue weighted by molar-refractivity contribution is 5.85. The van der Waals surface area contributed by atoms with Gasteiger partial charge in [0.2, 0.25) is 0 Å². The third-order valence-corrected chi connectivity index (χ3v) is 1.49. The Kier molecular flexibility index (Phi) is 5.48. The minimum Gasteiger partial charge on any atom is -0.491 e. The molecule has 0 aromatic heterocycles. The number of aliphatic carboxylic acids is 1. The van der Waals surface area contributed by atoms with Gasteiger partial charge < -0.3 is 15.6 Å². The van der Waals surface area contributed by atoms with Gasteiger partial charge in [-0.15, -0.1) is 12.4 Å². The van der Waals surface area contributed by atoms with Crippen molar-refractivity contribution in [2.75, 3.05) is 12.3 Å². The number of hydrogen-bond donors (Lipinski definition) is 2. The van der Waals surface area contributed by atoms with Crippen molar-refractivity contribution in [3.8, 4) is 5.75 Å². The molecule has 1 aromatic carbocycles. The first-order chi connectivity index (χ1) is 6.20. The summed E-state index contributed by atoms with van der Waals surface area (Å²) in [4.78, 5) is 10.2. The number of anilines is 1. The monoisotopic (exact) mass is 217 g/mol. The molecule has 0 bridgehead atoms. The van der Waals surface area contributed by atoms with Gasteiger partial charge >= 0.3 is 5.97 Å². The van der Waals surface area contributed by atoms with Crippen LogP contribution in [0, 0.1) is 0 Å². The average Bonchev–Trinajstić information content (AvgIpc) is 2.08. The van der Waals surface area contributed by atoms with Gasteiger partial charge in [0.25, 0.3) is 0 Å². The molecule has 0 unspecified atom stereocenters. The van der Waals surface area contributed by atoms with Gasteiger partial charge in [-0.05, 0) is 12.1 Å². The number of ether oxygens (including phenoxy) is 1. The van der Waals surface area contributed by atoms with Crippen LogP contribution in [0.2, 0.25) is 0 Å². The molecule has 1 rings (SSSR count). The molecule has 0 aliphatic rings. The van der Waals surface area contributed by atoms with Crippen molar-refractivity contribution in [3.05, 3.63) is 24.3 Å². The van der Waals surface area contributed by atoms with Crippen LogP contribution in [0.4, 0.5) is 5.69 Å². The molecule has 0 spiro atoms. The Labute approximate surface area is 88.1 Å². The second kappa shape index (κ2) is 6.10. The summed E-state index contributed by atoms with van der Waals surface area (Å²) in [5, 5.41) is 8.35. The second-order valence-electron chi connectivity index (χ2n) is 2.53. The van der Waals surface area contributed by atoms with Gasteiger partial charge in [-0.3, -0.25) is 4.79 Å². The number of nitrogens with two attached hydrogens (primary N) is 1. The minimum atomic E-state index is -0.880. The number of carbonyl (C=O) groups is 1. The Balaban J connectivity index is 0.00000169. The van der Waals surface area contributed by atoms with Crippen LogP contribution >= 0.6 is 12.4 Å². The van der Waals surface area contributed by atoms with E-state index in [1.807, 2.05) is 0 Å². The normalized spacial score (nSPS) is 8.86. The average molecular weight is 218 g/mol. The lowest BCUT2D eigenvalue weighted by molar-refractivity contribution is -0.137. The van der Waals surface area contributed by atoms with Crippen LogP contribution < -0.4 is 10.5 Å². The molecule has 0 atom stereocenters. The van der Waals surface area contributed by atoms with E-state index in [0.717, 1.165) is 0 Å². The maximum Gasteiger partial charge on any atom is 0.306 e. The van der Waals surface area contributed by atoms with Gasteiger partial charge in [0.05, 0.1) is 18.7 Å². The Morgan fingerprint density at radius 1 is 1.43 bits per heavy atom. The molecular weight excluding hydrogens is 206 g/mol. The number of carboxylic acids is 1. The molecule has 5 heteroatoms. The Bertz CT molecular complexity index is 304. The first-order valence-corrected chi connectivity index (χ1v) is 3.89. The number of rotatable bonds is 4. The fraction of sp³-hybridized carbons (Fsp3) is 0.222. The smallest absolute Gasteiger partial charge is 0.306 e. The van der Waals surface area contributed by atoms with Gasteiger partial charge in [-0.25, -0.2) is 0 Å². The first-order valence-electron chi connectivity index (χ1n) is 3.89. The number of nitrogen functional groups attached to an aromatic ring is 1. The van der Waals surface area contributed by atoms with Gasteiger partial charge in [0, 0.05) is 0 Å². The highest BCUT2D eigenvalue weighted by atomic mass is 35.5. The van der Waals surface area contributed by atoms with Gasteiger partial charge in [0.15, 0.2) is 0 Å². The Morgan fingerprint density at radius 2 is 2.07 bits per heavy atom. The largest absolute Gasteiger partial charge is 0.491 e. The van der Waals surface area contributed by atoms with Gasteiger partial charge in [-0.1, -0.05) is 12.1 Å². The number of carboxylic acid groups (broad SMARTS) is 1. The molecule has 0 fully saturated rings. The highest BCUT2D eigenvalue weighted by Crippen LogP contribution is 2.19. The van der Waals surface area contributed by atoms with Crippen molar-refractivity contribution in [2.24, 2.45) is 0 Å². The molecule has 4 nitrogen and oxygen atoms in total. The summed E-state index contributed by atoms with van der Waals surface area (Å²) in [5.74, 6) is -0.349. The maximum absolute atomic E-state index is 10.2. The van der Waals surface area contributed by atoms with Gasteiger partial charge in [0.1, 0.15) is 5.75 Å². The van der Waals surface area contributed by atoms with Crippen LogP contribution in [0.5, 0.6) is 5.75 Å². The van der Waals surface area contributed by atoms with Crippen molar-refractivity contribution in [1.29, 1.82) is 0 Å². The molecule has 3 N–H and O–H groups in total. The van der Waals surface area contributed by atoms with Gasteiger partial charge in [-0.2, -0.15) is 0 Å². The molecule has 14 heavy (non-hydrogen) atoms. The van der Waals surface area contributed by atoms with Crippen molar-refractivity contribution in [2.45, 2.75) is 6.42 Å². The summed E-state index contributed by atoms with van der Waals surface area (Å²) in [6, 6.07) is 6.99. The minimum absolute atomic E-state index is 0. The summed E-state index contributed by atoms with van der Waals surface area (Å²) in [6.45, 7) is 0.142. The molecule has 0 aliphatic heterocycles. The van der Waals surface area contributed by atoms with Crippen LogP contribution in [-0.4, -0.2) is 17.7 Å². The fourth-order valence-electron chi connectivity index (χ4n) is 0.860. The molecule has 1 aromatic rings. The van der Waals surface area contributed by atoms with Crippen LogP contribution in [0.1, 0.15) is 6.42 Å². The van der Waals surface area contributed by atoms with E-state index in [1.54, 1.807) is 24.3 Å². The summed E-state index contributed by atoms with van der Waals surface area (Å²) >= 11 is 0. The number of benzene rings is 1. The van der Waals surface area contributed by atoms with Crippen LogP contribution in [-0.2, 0) is 4.79 Å². The number of halogens is 1. The highest BCUT2D eigenvalue weighted by Gasteiger charge is 2.00. The Hall–Kier alpha value is -1.42. The van der Waals surface area contributed by atoms with Crippen LogP contribution in [0.3, 0.4) is 0 Å². The zero-order valence-corrected chi connectivity index (χ0v) is 8.29. The predicted octanol–water partition coefficient (Wildman–Crippen LogP) is 1.54. The molecule has 0 aliphatic carbocycles. The molecule has 0 radical (unpaired) electrons. The molecule has 78 valence electrons. The standard InChI is InChI=1S/C9H11NO3.ClH/c10-7-3-1-2-4-8(7)13-6-5-9(11)12;/h1-4H,5-6,10H2,(H,11,12);1H. The summed E-state index contributed by atoms with van der Waals surface area (Å²) < 4.78 is 5.14. The quantitative estimate of drug-likeness (QED) is 0.751. The van der Waals surface area contributed by atoms with E-state index in [2.05, 4.69) is 0 Å². The van der Waals surface area contributed by atoms with Crippen LogP contribution in [0.15, 0.2) is 24.3 Å². The van der Waals surface area contributed by atoms with E-state index in [1.165, 1.54) is 0 Å². The zero-order valence-electron chi connectivity index (χ0n) is 7.47. The van der Waals surface area contributed by atoms with E-state index in [4.69, 9.17) is 15.6 Å². The molecule has 0 saturated carbocycles. The lowest BCUT2D eigenvalue weighted by Gasteiger charge is -2.06. The lowest BCUT2D eigenvalue weighted by atomic mass is 10.3. The summed E-state index contributed by atoms with van der Waals surface area (Å²) in [5.41, 5.74) is 6.09. The van der Waals surface area contributed by atoms with Crippen molar-refractivity contribution < 1.29 is 14.6 Å². The fourth-order valence-corrected chi connectivity index (χ4v) is 0.860. The SMILES string of the molecule is Cl.Nc1ccccc1OCCC(=O)O. The molecule has 0 saturated heterocycles. The topological polar surface area (TPSA) is 72.5 Å². The van der Waals surface area contributed by atoms with Crippen molar-refractivity contribution in [1.82, 2.24) is 0 Å². The van der Waals surface area contributed by atoms with E-state index in [9.17, 15) is 4.79 Å². The summed E-state index contributed by atoms with van der Waals surface area (Å²) in [6.07, 6.45) is -0.0195. The third-order valence-electron chi connectivity index (χ3n) is 1.49. The number of para-hydroxylation sites is 2. The van der Waals surface area contributed by atoms with Crippen molar-refractivity contribution >= 4 is 24.1 Å². The van der Waals surface area contributed by atoms with Crippen molar-refractivity contribution in [3.63, 3.8) is 0 Å². The van der Waals surface area contributed by atoms with E-state index in [-0.39, 0.29) is 25.4 Å². The Morgan fingerprint density at radius 3 is 2.64 bits per heavy atom. The second-order valence-corrected chi connectivity index (χ2v) is 2.53. The van der Waals surface area contributed by atoms with E-state index in [0.29, 0.717) is 11.4 Å². The number of hydrogen-bond acceptors (Lipinski definition) is 3. The lowest BCUT2D eigenvalue weighted by Crippen LogP contribution is -2.05. The summed E-state index contributed by atoms with van der Waals surface area (Å²) in [7, 11) is 0. The van der Waals surface area contributed by atoms with E-state index < -0.39 is 5.97 Å².